The molecular formula is C16H14BrN3O2S. The number of halogens is 1. The van der Waals surface area contributed by atoms with Gasteiger partial charge in [0.15, 0.2) is 5.11 Å². The Morgan fingerprint density at radius 1 is 1.00 bits per heavy atom. The molecule has 0 aliphatic rings. The van der Waals surface area contributed by atoms with Crippen LogP contribution >= 0.6 is 28.1 Å². The number of thiocarbonyl (C=S) groups is 1. The van der Waals surface area contributed by atoms with Gasteiger partial charge < -0.3 is 10.6 Å². The summed E-state index contributed by atoms with van der Waals surface area (Å²) in [6.45, 7) is 1.43. The maximum Gasteiger partial charge on any atom is 0.257 e. The molecule has 2 rings (SSSR count). The van der Waals surface area contributed by atoms with Crippen LogP contribution in [0.5, 0.6) is 0 Å². The van der Waals surface area contributed by atoms with Gasteiger partial charge in [-0.3, -0.25) is 14.9 Å². The first-order chi connectivity index (χ1) is 10.9. The highest BCUT2D eigenvalue weighted by Gasteiger charge is 2.08. The van der Waals surface area contributed by atoms with Gasteiger partial charge in [-0.05, 0) is 54.7 Å². The van der Waals surface area contributed by atoms with Crippen LogP contribution < -0.4 is 16.0 Å². The number of anilines is 2. The van der Waals surface area contributed by atoms with Crippen LogP contribution in [0.1, 0.15) is 17.3 Å². The number of benzene rings is 2. The molecule has 0 radical (unpaired) electrons. The number of amides is 2. The third kappa shape index (κ3) is 5.46. The lowest BCUT2D eigenvalue weighted by Crippen LogP contribution is -2.34. The van der Waals surface area contributed by atoms with Crippen LogP contribution in [-0.4, -0.2) is 16.9 Å². The van der Waals surface area contributed by atoms with E-state index in [2.05, 4.69) is 31.9 Å². The average molecular weight is 392 g/mol. The largest absolute Gasteiger partial charge is 0.332 e. The summed E-state index contributed by atoms with van der Waals surface area (Å²) in [6, 6.07) is 14.0. The molecule has 0 saturated heterocycles. The van der Waals surface area contributed by atoms with Crippen LogP contribution in [0, 0.1) is 0 Å². The van der Waals surface area contributed by atoms with Gasteiger partial charge in [-0.25, -0.2) is 0 Å². The van der Waals surface area contributed by atoms with Gasteiger partial charge in [-0.15, -0.1) is 0 Å². The fourth-order valence-corrected chi connectivity index (χ4v) is 2.29. The number of nitrogens with one attached hydrogen (secondary N) is 3. The first kappa shape index (κ1) is 17.1. The summed E-state index contributed by atoms with van der Waals surface area (Å²) in [4.78, 5) is 23.1. The zero-order chi connectivity index (χ0) is 16.8. The Hall–Kier alpha value is -2.25. The van der Waals surface area contributed by atoms with Crippen LogP contribution in [0.15, 0.2) is 53.0 Å². The highest BCUT2D eigenvalue weighted by Crippen LogP contribution is 2.15. The monoisotopic (exact) mass is 391 g/mol. The SMILES string of the molecule is CC(=O)Nc1cccc(NC(=S)NC(=O)c2ccc(Br)cc2)c1. The summed E-state index contributed by atoms with van der Waals surface area (Å²) in [5, 5.41) is 8.36. The second-order valence-corrected chi connectivity index (χ2v) is 6.00. The molecule has 2 amide bonds. The van der Waals surface area contributed by atoms with E-state index in [1.165, 1.54) is 6.92 Å². The minimum absolute atomic E-state index is 0.159. The van der Waals surface area contributed by atoms with E-state index in [9.17, 15) is 9.59 Å². The Bertz CT molecular complexity index is 747. The van der Waals surface area contributed by atoms with Gasteiger partial charge in [-0.1, -0.05) is 22.0 Å². The predicted octanol–water partition coefficient (Wildman–Crippen LogP) is 3.53. The molecule has 3 N–H and O–H groups in total. The topological polar surface area (TPSA) is 70.2 Å². The van der Waals surface area contributed by atoms with E-state index in [0.717, 1.165) is 4.47 Å². The van der Waals surface area contributed by atoms with E-state index in [-0.39, 0.29) is 16.9 Å². The second kappa shape index (κ2) is 7.85. The molecule has 0 saturated carbocycles. The van der Waals surface area contributed by atoms with Gasteiger partial charge in [0, 0.05) is 28.3 Å². The first-order valence-electron chi connectivity index (χ1n) is 6.69. The molecule has 7 heteroatoms. The molecule has 0 heterocycles. The molecule has 0 aromatic heterocycles. The fourth-order valence-electron chi connectivity index (χ4n) is 1.82. The predicted molar refractivity (Wildman–Crippen MR) is 98.6 cm³/mol. The zero-order valence-electron chi connectivity index (χ0n) is 12.2. The van der Waals surface area contributed by atoms with E-state index in [0.29, 0.717) is 16.9 Å². The number of hydrogen-bond acceptors (Lipinski definition) is 3. The maximum atomic E-state index is 12.1. The van der Waals surface area contributed by atoms with Crippen molar-refractivity contribution in [2.75, 3.05) is 10.6 Å². The lowest BCUT2D eigenvalue weighted by atomic mass is 10.2. The van der Waals surface area contributed by atoms with E-state index < -0.39 is 0 Å². The quantitative estimate of drug-likeness (QED) is 0.699. The van der Waals surface area contributed by atoms with Crippen molar-refractivity contribution < 1.29 is 9.59 Å². The summed E-state index contributed by atoms with van der Waals surface area (Å²) in [5.41, 5.74) is 1.81. The highest BCUT2D eigenvalue weighted by molar-refractivity contribution is 9.10. The van der Waals surface area contributed by atoms with Crippen molar-refractivity contribution in [1.29, 1.82) is 0 Å². The van der Waals surface area contributed by atoms with Crippen LogP contribution in [0.3, 0.4) is 0 Å². The molecule has 2 aromatic carbocycles. The van der Waals surface area contributed by atoms with Gasteiger partial charge in [0.2, 0.25) is 5.91 Å². The minimum atomic E-state index is -0.298. The molecule has 0 unspecified atom stereocenters. The maximum absolute atomic E-state index is 12.1. The first-order valence-corrected chi connectivity index (χ1v) is 7.90. The van der Waals surface area contributed by atoms with Gasteiger partial charge in [0.1, 0.15) is 0 Å². The summed E-state index contributed by atoms with van der Waals surface area (Å²) in [5.74, 6) is -0.457. The molecule has 0 spiro atoms. The molecule has 118 valence electrons. The van der Waals surface area contributed by atoms with Crippen molar-refractivity contribution in [3.05, 3.63) is 58.6 Å². The van der Waals surface area contributed by atoms with Gasteiger partial charge in [0.05, 0.1) is 0 Å². The summed E-state index contributed by atoms with van der Waals surface area (Å²) in [6.07, 6.45) is 0. The van der Waals surface area contributed by atoms with Crippen LogP contribution in [-0.2, 0) is 4.79 Å². The van der Waals surface area contributed by atoms with Gasteiger partial charge in [0.25, 0.3) is 5.91 Å². The van der Waals surface area contributed by atoms with E-state index in [1.807, 2.05) is 0 Å². The molecule has 0 aliphatic heterocycles. The normalized spacial score (nSPS) is 9.83. The number of rotatable bonds is 3. The van der Waals surface area contributed by atoms with Crippen LogP contribution in [0.25, 0.3) is 0 Å². The molecule has 0 aliphatic carbocycles. The summed E-state index contributed by atoms with van der Waals surface area (Å²) >= 11 is 8.44. The molecular weight excluding hydrogens is 378 g/mol. The second-order valence-electron chi connectivity index (χ2n) is 4.68. The molecule has 5 nitrogen and oxygen atoms in total. The van der Waals surface area contributed by atoms with Crippen molar-refractivity contribution in [3.8, 4) is 0 Å². The van der Waals surface area contributed by atoms with Crippen molar-refractivity contribution in [2.24, 2.45) is 0 Å². The third-order valence-corrected chi connectivity index (χ3v) is 3.51. The minimum Gasteiger partial charge on any atom is -0.332 e. The van der Waals surface area contributed by atoms with Crippen molar-refractivity contribution >= 4 is 56.4 Å². The van der Waals surface area contributed by atoms with E-state index >= 15 is 0 Å². The number of carbonyl (C=O) groups is 2. The third-order valence-electron chi connectivity index (χ3n) is 2.77. The standard InChI is InChI=1S/C16H14BrN3O2S/c1-10(21)18-13-3-2-4-14(9-13)19-16(23)20-15(22)11-5-7-12(17)8-6-11/h2-9H,1H3,(H,18,21)(H2,19,20,22,23). The van der Waals surface area contributed by atoms with Crippen molar-refractivity contribution in [2.45, 2.75) is 6.92 Å². The number of hydrogen-bond donors (Lipinski definition) is 3. The van der Waals surface area contributed by atoms with Crippen molar-refractivity contribution in [3.63, 3.8) is 0 Å². The Labute approximate surface area is 147 Å². The van der Waals surface area contributed by atoms with Crippen molar-refractivity contribution in [1.82, 2.24) is 5.32 Å². The molecule has 0 fully saturated rings. The molecule has 23 heavy (non-hydrogen) atoms. The highest BCUT2D eigenvalue weighted by atomic mass is 79.9. The Balaban J connectivity index is 1.98. The lowest BCUT2D eigenvalue weighted by Gasteiger charge is -2.11. The smallest absolute Gasteiger partial charge is 0.257 e. The average Bonchev–Trinajstić information content (AvgIpc) is 2.47. The zero-order valence-corrected chi connectivity index (χ0v) is 14.6. The van der Waals surface area contributed by atoms with Crippen LogP contribution in [0.2, 0.25) is 0 Å². The van der Waals surface area contributed by atoms with E-state index in [1.54, 1.807) is 48.5 Å². The van der Waals surface area contributed by atoms with Gasteiger partial charge >= 0.3 is 0 Å². The lowest BCUT2D eigenvalue weighted by molar-refractivity contribution is -0.114. The summed E-state index contributed by atoms with van der Waals surface area (Å²) < 4.78 is 0.893. The van der Waals surface area contributed by atoms with E-state index in [4.69, 9.17) is 12.2 Å². The van der Waals surface area contributed by atoms with Gasteiger partial charge in [-0.2, -0.15) is 0 Å². The Kier molecular flexibility index (Phi) is 5.84. The number of carbonyl (C=O) groups excluding carboxylic acids is 2. The molecule has 0 atom stereocenters. The Morgan fingerprint density at radius 3 is 2.22 bits per heavy atom. The Morgan fingerprint density at radius 2 is 1.61 bits per heavy atom. The fraction of sp³-hybridized carbons (Fsp3) is 0.0625. The van der Waals surface area contributed by atoms with Crippen LogP contribution in [0.4, 0.5) is 11.4 Å². The molecule has 0 bridgehead atoms. The molecule has 2 aromatic rings. The summed E-state index contributed by atoms with van der Waals surface area (Å²) in [7, 11) is 0.